The van der Waals surface area contributed by atoms with E-state index in [0.717, 1.165) is 0 Å². The van der Waals surface area contributed by atoms with Crippen molar-refractivity contribution in [1.82, 2.24) is 0 Å². The van der Waals surface area contributed by atoms with Gasteiger partial charge in [-0.25, -0.2) is 4.79 Å². The van der Waals surface area contributed by atoms with Crippen molar-refractivity contribution in [2.45, 2.75) is 31.5 Å². The predicted molar refractivity (Wildman–Crippen MR) is 55.5 cm³/mol. The monoisotopic (exact) mass is 206 g/mol. The van der Waals surface area contributed by atoms with Crippen LogP contribution < -0.4 is 0 Å². The standard InChI is InChI=1S/C12H14O3/c1-12(14)7-10(8-12)15-11(13)9-5-3-2-4-6-9/h2-6,10,14H,7-8H2,1H3. The molecule has 0 spiro atoms. The fourth-order valence-corrected chi connectivity index (χ4v) is 1.80. The second-order valence-electron chi connectivity index (χ2n) is 4.30. The molecule has 2 rings (SSSR count). The highest BCUT2D eigenvalue weighted by Crippen LogP contribution is 2.34. The van der Waals surface area contributed by atoms with Gasteiger partial charge in [0.05, 0.1) is 11.2 Å². The van der Waals surface area contributed by atoms with Crippen molar-refractivity contribution in [2.24, 2.45) is 0 Å². The van der Waals surface area contributed by atoms with Crippen LogP contribution in [0.5, 0.6) is 0 Å². The lowest BCUT2D eigenvalue weighted by molar-refractivity contribution is -0.106. The molecule has 1 N–H and O–H groups in total. The van der Waals surface area contributed by atoms with Crippen LogP contribution in [0.3, 0.4) is 0 Å². The molecule has 15 heavy (non-hydrogen) atoms. The molecule has 0 unspecified atom stereocenters. The molecule has 0 saturated heterocycles. The average molecular weight is 206 g/mol. The first-order valence-electron chi connectivity index (χ1n) is 5.05. The van der Waals surface area contributed by atoms with E-state index in [4.69, 9.17) is 4.74 Å². The molecule has 0 aromatic heterocycles. The third-order valence-corrected chi connectivity index (χ3v) is 2.62. The van der Waals surface area contributed by atoms with Crippen LogP contribution in [0.4, 0.5) is 0 Å². The minimum absolute atomic E-state index is 0.132. The van der Waals surface area contributed by atoms with Gasteiger partial charge in [0.1, 0.15) is 6.10 Å². The smallest absolute Gasteiger partial charge is 0.338 e. The van der Waals surface area contributed by atoms with Gasteiger partial charge >= 0.3 is 5.97 Å². The first-order chi connectivity index (χ1) is 7.07. The fraction of sp³-hybridized carbons (Fsp3) is 0.417. The molecule has 1 saturated carbocycles. The molecule has 0 aliphatic heterocycles. The number of hydrogen-bond acceptors (Lipinski definition) is 3. The third-order valence-electron chi connectivity index (χ3n) is 2.62. The Kier molecular flexibility index (Phi) is 2.49. The van der Waals surface area contributed by atoms with E-state index >= 15 is 0 Å². The predicted octanol–water partition coefficient (Wildman–Crippen LogP) is 1.76. The number of benzene rings is 1. The normalized spacial score (nSPS) is 29.3. The topological polar surface area (TPSA) is 46.5 Å². The van der Waals surface area contributed by atoms with E-state index in [0.29, 0.717) is 18.4 Å². The highest BCUT2D eigenvalue weighted by Gasteiger charge is 2.40. The van der Waals surface area contributed by atoms with Gasteiger partial charge in [0.25, 0.3) is 0 Å². The van der Waals surface area contributed by atoms with Gasteiger partial charge in [-0.15, -0.1) is 0 Å². The maximum absolute atomic E-state index is 11.6. The molecule has 0 radical (unpaired) electrons. The maximum atomic E-state index is 11.6. The van der Waals surface area contributed by atoms with Crippen LogP contribution in [0.1, 0.15) is 30.1 Å². The SMILES string of the molecule is CC1(O)CC(OC(=O)c2ccccc2)C1. The average Bonchev–Trinajstić information content (AvgIpc) is 2.16. The van der Waals surface area contributed by atoms with Crippen molar-refractivity contribution in [3.8, 4) is 0 Å². The Hall–Kier alpha value is -1.35. The van der Waals surface area contributed by atoms with Gasteiger partial charge in [0.2, 0.25) is 0 Å². The van der Waals surface area contributed by atoms with Crippen LogP contribution in [-0.2, 0) is 4.74 Å². The van der Waals surface area contributed by atoms with E-state index in [2.05, 4.69) is 0 Å². The van der Waals surface area contributed by atoms with Crippen molar-refractivity contribution in [3.63, 3.8) is 0 Å². The molecule has 3 heteroatoms. The van der Waals surface area contributed by atoms with E-state index in [1.54, 1.807) is 31.2 Å². The lowest BCUT2D eigenvalue weighted by Gasteiger charge is -2.39. The Morgan fingerprint density at radius 2 is 2.00 bits per heavy atom. The zero-order valence-corrected chi connectivity index (χ0v) is 8.64. The fourth-order valence-electron chi connectivity index (χ4n) is 1.80. The lowest BCUT2D eigenvalue weighted by atomic mass is 9.79. The summed E-state index contributed by atoms with van der Waals surface area (Å²) < 4.78 is 5.21. The highest BCUT2D eigenvalue weighted by atomic mass is 16.5. The van der Waals surface area contributed by atoms with Gasteiger partial charge in [0.15, 0.2) is 0 Å². The van der Waals surface area contributed by atoms with Crippen LogP contribution in [0.2, 0.25) is 0 Å². The Labute approximate surface area is 88.7 Å². The summed E-state index contributed by atoms with van der Waals surface area (Å²) in [5.74, 6) is -0.309. The summed E-state index contributed by atoms with van der Waals surface area (Å²) in [6.07, 6.45) is 0.935. The second kappa shape index (κ2) is 3.66. The number of aliphatic hydroxyl groups is 1. The third kappa shape index (κ3) is 2.36. The van der Waals surface area contributed by atoms with Crippen molar-refractivity contribution < 1.29 is 14.6 Å². The first-order valence-corrected chi connectivity index (χ1v) is 5.05. The molecule has 1 aliphatic rings. The molecule has 0 amide bonds. The van der Waals surface area contributed by atoms with Gasteiger partial charge in [-0.2, -0.15) is 0 Å². The molecule has 3 nitrogen and oxygen atoms in total. The number of rotatable bonds is 2. The van der Waals surface area contributed by atoms with Crippen molar-refractivity contribution in [2.75, 3.05) is 0 Å². The highest BCUT2D eigenvalue weighted by molar-refractivity contribution is 5.89. The second-order valence-corrected chi connectivity index (χ2v) is 4.30. The van der Waals surface area contributed by atoms with Crippen LogP contribution >= 0.6 is 0 Å². The van der Waals surface area contributed by atoms with Gasteiger partial charge < -0.3 is 9.84 Å². The quantitative estimate of drug-likeness (QED) is 0.750. The number of esters is 1. The molecule has 80 valence electrons. The molecule has 1 aliphatic carbocycles. The summed E-state index contributed by atoms with van der Waals surface area (Å²) in [5, 5.41) is 9.48. The summed E-state index contributed by atoms with van der Waals surface area (Å²) in [6.45, 7) is 1.75. The number of carbonyl (C=O) groups excluding carboxylic acids is 1. The van der Waals surface area contributed by atoms with E-state index in [-0.39, 0.29) is 12.1 Å². The minimum Gasteiger partial charge on any atom is -0.459 e. The van der Waals surface area contributed by atoms with Crippen molar-refractivity contribution in [3.05, 3.63) is 35.9 Å². The van der Waals surface area contributed by atoms with Gasteiger partial charge in [-0.3, -0.25) is 0 Å². The molecule has 0 heterocycles. The Balaban J connectivity index is 1.89. The molecule has 1 aromatic rings. The van der Waals surface area contributed by atoms with Gasteiger partial charge in [0, 0.05) is 12.8 Å². The van der Waals surface area contributed by atoms with E-state index in [1.165, 1.54) is 0 Å². The Morgan fingerprint density at radius 1 is 1.40 bits per heavy atom. The lowest BCUT2D eigenvalue weighted by Crippen LogP contribution is -2.46. The Bertz CT molecular complexity index is 348. The van der Waals surface area contributed by atoms with E-state index < -0.39 is 5.60 Å². The molecule has 1 aromatic carbocycles. The summed E-state index contributed by atoms with van der Waals surface area (Å²) in [4.78, 5) is 11.6. The summed E-state index contributed by atoms with van der Waals surface area (Å²) in [7, 11) is 0. The molecular weight excluding hydrogens is 192 g/mol. The summed E-state index contributed by atoms with van der Waals surface area (Å²) in [6, 6.07) is 8.89. The molecular formula is C12H14O3. The van der Waals surface area contributed by atoms with Crippen LogP contribution in [0, 0.1) is 0 Å². The van der Waals surface area contributed by atoms with Crippen LogP contribution in [0.15, 0.2) is 30.3 Å². The van der Waals surface area contributed by atoms with Gasteiger partial charge in [-0.1, -0.05) is 18.2 Å². The number of hydrogen-bond donors (Lipinski definition) is 1. The summed E-state index contributed by atoms with van der Waals surface area (Å²) in [5.41, 5.74) is -0.0919. The molecule has 0 bridgehead atoms. The molecule has 1 fully saturated rings. The van der Waals surface area contributed by atoms with Crippen molar-refractivity contribution in [1.29, 1.82) is 0 Å². The zero-order chi connectivity index (χ0) is 10.9. The maximum Gasteiger partial charge on any atom is 0.338 e. The first kappa shape index (κ1) is 10.2. The Morgan fingerprint density at radius 3 is 2.53 bits per heavy atom. The van der Waals surface area contributed by atoms with Crippen molar-refractivity contribution >= 4 is 5.97 Å². The largest absolute Gasteiger partial charge is 0.459 e. The van der Waals surface area contributed by atoms with Gasteiger partial charge in [-0.05, 0) is 19.1 Å². The van der Waals surface area contributed by atoms with Crippen LogP contribution in [-0.4, -0.2) is 22.8 Å². The summed E-state index contributed by atoms with van der Waals surface area (Å²) >= 11 is 0. The number of ether oxygens (including phenoxy) is 1. The zero-order valence-electron chi connectivity index (χ0n) is 8.64. The minimum atomic E-state index is -0.651. The van der Waals surface area contributed by atoms with Crippen LogP contribution in [0.25, 0.3) is 0 Å². The number of carbonyl (C=O) groups is 1. The molecule has 0 atom stereocenters. The van der Waals surface area contributed by atoms with E-state index in [9.17, 15) is 9.90 Å². The van der Waals surface area contributed by atoms with E-state index in [1.807, 2.05) is 6.07 Å².